The molecular weight excluding hydrogens is 620 g/mol. The van der Waals surface area contributed by atoms with Gasteiger partial charge in [0, 0.05) is 99.0 Å². The predicted molar refractivity (Wildman–Crippen MR) is 182 cm³/mol. The van der Waals surface area contributed by atoms with Gasteiger partial charge in [0.15, 0.2) is 11.6 Å². The Morgan fingerprint density at radius 2 is 1.29 bits per heavy atom. The third-order valence-corrected chi connectivity index (χ3v) is 10.7. The van der Waals surface area contributed by atoms with Gasteiger partial charge in [-0.25, -0.2) is 0 Å². The maximum atomic E-state index is 12.5. The molecule has 0 radical (unpaired) electrons. The van der Waals surface area contributed by atoms with Crippen molar-refractivity contribution in [2.75, 3.05) is 40.4 Å². The number of nitriles is 2. The van der Waals surface area contributed by atoms with Crippen molar-refractivity contribution in [1.82, 2.24) is 14.8 Å². The lowest BCUT2D eigenvalue weighted by Crippen LogP contribution is -2.44. The highest BCUT2D eigenvalue weighted by atomic mass is 16.5. The minimum Gasteiger partial charge on any atom is -0.378 e. The summed E-state index contributed by atoms with van der Waals surface area (Å²) in [6.45, 7) is 11.2. The Bertz CT molecular complexity index is 1780. The first-order valence-corrected chi connectivity index (χ1v) is 17.1. The van der Waals surface area contributed by atoms with Crippen molar-refractivity contribution in [3.05, 3.63) is 69.3 Å². The Kier molecular flexibility index (Phi) is 10.6. The van der Waals surface area contributed by atoms with E-state index in [1.54, 1.807) is 26.6 Å². The van der Waals surface area contributed by atoms with Gasteiger partial charge in [-0.3, -0.25) is 19.8 Å². The molecule has 2 saturated heterocycles. The van der Waals surface area contributed by atoms with Gasteiger partial charge in [-0.05, 0) is 57.6 Å². The highest BCUT2D eigenvalue weighted by Crippen LogP contribution is 2.38. The lowest BCUT2D eigenvalue weighted by Gasteiger charge is -2.41. The number of hydrogen-bond acceptors (Lipinski definition) is 10. The molecule has 258 valence electrons. The number of nitrogens with zero attached hydrogens (tertiary/aromatic N) is 6. The third-order valence-electron chi connectivity index (χ3n) is 10.7. The number of ketones is 2. The molecule has 0 spiro atoms. The molecule has 0 saturated carbocycles. The molecule has 4 aliphatic rings. The molecule has 11 heteroatoms. The SMILES string of the molecule is CCc1cc2c(c[n+]1O)CC(=O)C(C#N)=C2N1CCC(C)(OC)CC1.CCc1cc2c(cn1)CC(=O)C(C#N)=C2N1CCC(C)(OC)CC1. The average molecular weight is 668 g/mol. The lowest BCUT2D eigenvalue weighted by molar-refractivity contribution is -0.909. The van der Waals surface area contributed by atoms with Crippen LogP contribution in [0.25, 0.3) is 11.4 Å². The topological polar surface area (TPSA) is 144 Å². The quantitative estimate of drug-likeness (QED) is 0.353. The number of aryl methyl sites for hydroxylation is 2. The van der Waals surface area contributed by atoms with Crippen LogP contribution in [0, 0.1) is 22.7 Å². The number of allylic oxidation sites excluding steroid dienone is 2. The van der Waals surface area contributed by atoms with Crippen LogP contribution < -0.4 is 4.73 Å². The molecule has 0 bridgehead atoms. The second-order valence-corrected chi connectivity index (χ2v) is 13.7. The molecule has 0 unspecified atom stereocenters. The van der Waals surface area contributed by atoms with E-state index >= 15 is 0 Å². The molecule has 2 fully saturated rings. The molecule has 49 heavy (non-hydrogen) atoms. The Morgan fingerprint density at radius 1 is 0.816 bits per heavy atom. The van der Waals surface area contributed by atoms with Crippen LogP contribution in [0.4, 0.5) is 0 Å². The predicted octanol–water partition coefficient (Wildman–Crippen LogP) is 4.14. The number of aromatic nitrogens is 2. The van der Waals surface area contributed by atoms with Crippen LogP contribution in [0.5, 0.6) is 0 Å². The van der Waals surface area contributed by atoms with Gasteiger partial charge in [-0.15, -0.1) is 0 Å². The van der Waals surface area contributed by atoms with E-state index in [4.69, 9.17) is 9.47 Å². The summed E-state index contributed by atoms with van der Waals surface area (Å²) in [4.78, 5) is 33.6. The number of fused-ring (bicyclic) bond motifs is 2. The van der Waals surface area contributed by atoms with Gasteiger partial charge >= 0.3 is 0 Å². The maximum Gasteiger partial charge on any atom is 0.234 e. The van der Waals surface area contributed by atoms with Crippen molar-refractivity contribution in [3.8, 4) is 12.1 Å². The molecule has 2 aliphatic heterocycles. The van der Waals surface area contributed by atoms with E-state index in [1.807, 2.05) is 19.1 Å². The van der Waals surface area contributed by atoms with Crippen LogP contribution in [0.1, 0.15) is 87.0 Å². The largest absolute Gasteiger partial charge is 0.378 e. The van der Waals surface area contributed by atoms with Gasteiger partial charge in [-0.1, -0.05) is 13.8 Å². The third kappa shape index (κ3) is 7.10. The first-order chi connectivity index (χ1) is 23.4. The van der Waals surface area contributed by atoms with Crippen molar-refractivity contribution in [1.29, 1.82) is 10.5 Å². The van der Waals surface area contributed by atoms with Crippen LogP contribution in [-0.2, 0) is 44.7 Å². The minimum atomic E-state index is -0.186. The van der Waals surface area contributed by atoms with Gasteiger partial charge in [0.2, 0.25) is 11.9 Å². The first-order valence-electron chi connectivity index (χ1n) is 17.1. The van der Waals surface area contributed by atoms with Gasteiger partial charge in [0.25, 0.3) is 0 Å². The number of piperidine rings is 2. The molecule has 2 aromatic rings. The number of pyridine rings is 2. The Morgan fingerprint density at radius 3 is 1.71 bits per heavy atom. The number of ether oxygens (including phenoxy) is 2. The van der Waals surface area contributed by atoms with Crippen molar-refractivity contribution >= 4 is 23.0 Å². The number of likely N-dealkylation sites (tertiary alicyclic amines) is 2. The zero-order valence-electron chi connectivity index (χ0n) is 29.6. The molecule has 6 rings (SSSR count). The van der Waals surface area contributed by atoms with E-state index in [-0.39, 0.29) is 46.8 Å². The fourth-order valence-corrected chi connectivity index (χ4v) is 7.09. The van der Waals surface area contributed by atoms with Gasteiger partial charge < -0.3 is 19.3 Å². The first kappa shape index (κ1) is 35.7. The maximum absolute atomic E-state index is 12.5. The number of Topliss-reactive ketones (excluding diaryl/α,β-unsaturated/α-hetero) is 2. The van der Waals surface area contributed by atoms with E-state index in [9.17, 15) is 25.3 Å². The Balaban J connectivity index is 0.000000191. The summed E-state index contributed by atoms with van der Waals surface area (Å²) in [6.07, 6.45) is 8.73. The molecule has 2 aliphatic carbocycles. The standard InChI is InChI=1S/C19H24N3O3.C19H23N3O2/c1-4-14-10-15-13(12-22(14)24)9-17(23)16(11-20)18(15)21-7-5-19(2,25-3)6-8-21;1-4-14-10-15-13(12-21-14)9-17(23)16(11-20)18(15)22-7-5-19(2,24-3)6-8-22/h10,12,24H,4-9H2,1-3H3;10,12H,4-9H2,1-3H3/q+1;. The summed E-state index contributed by atoms with van der Waals surface area (Å²) >= 11 is 0. The molecule has 0 aromatic carbocycles. The second-order valence-electron chi connectivity index (χ2n) is 13.7. The summed E-state index contributed by atoms with van der Waals surface area (Å²) in [7, 11) is 3.47. The number of carbonyl (C=O) groups is 2. The van der Waals surface area contributed by atoms with Gasteiger partial charge in [0.05, 0.1) is 22.6 Å². The Labute approximate surface area is 289 Å². The average Bonchev–Trinajstić information content (AvgIpc) is 3.11. The molecule has 2 aromatic heterocycles. The van der Waals surface area contributed by atoms with Crippen molar-refractivity contribution in [3.63, 3.8) is 0 Å². The van der Waals surface area contributed by atoms with E-state index in [0.717, 1.165) is 102 Å². The van der Waals surface area contributed by atoms with Crippen LogP contribution in [-0.4, -0.2) is 83.2 Å². The number of methoxy groups -OCH3 is 2. The summed E-state index contributed by atoms with van der Waals surface area (Å²) < 4.78 is 12.3. The normalized spacial score (nSPS) is 19.8. The van der Waals surface area contributed by atoms with E-state index in [2.05, 4.69) is 47.7 Å². The van der Waals surface area contributed by atoms with E-state index < -0.39 is 0 Å². The zero-order valence-corrected chi connectivity index (χ0v) is 29.6. The molecule has 0 atom stereocenters. The van der Waals surface area contributed by atoms with E-state index in [0.29, 0.717) is 12.1 Å². The highest BCUT2D eigenvalue weighted by Gasteiger charge is 2.38. The number of rotatable bonds is 6. The summed E-state index contributed by atoms with van der Waals surface area (Å²) in [6, 6.07) is 8.21. The molecule has 11 nitrogen and oxygen atoms in total. The van der Waals surface area contributed by atoms with Crippen molar-refractivity contribution in [2.24, 2.45) is 0 Å². The van der Waals surface area contributed by atoms with E-state index in [1.165, 1.54) is 0 Å². The monoisotopic (exact) mass is 667 g/mol. The molecule has 0 amide bonds. The second kappa shape index (κ2) is 14.5. The fourth-order valence-electron chi connectivity index (χ4n) is 7.09. The Hall–Kier alpha value is -4.58. The van der Waals surface area contributed by atoms with Crippen LogP contribution in [0.3, 0.4) is 0 Å². The summed E-state index contributed by atoms with van der Waals surface area (Å²) in [5.41, 5.74) is 7.04. The van der Waals surface area contributed by atoms with Gasteiger partial charge in [-0.2, -0.15) is 10.5 Å². The molecule has 1 N–H and O–H groups in total. The summed E-state index contributed by atoms with van der Waals surface area (Å²) in [5.74, 6) is -0.291. The van der Waals surface area contributed by atoms with Crippen molar-refractivity contribution in [2.45, 2.75) is 90.3 Å². The molecule has 4 heterocycles. The summed E-state index contributed by atoms with van der Waals surface area (Å²) in [5, 5.41) is 29.2. The van der Waals surface area contributed by atoms with Crippen LogP contribution in [0.15, 0.2) is 35.7 Å². The number of hydrogen-bond donors (Lipinski definition) is 1. The lowest BCUT2D eigenvalue weighted by atomic mass is 9.86. The van der Waals surface area contributed by atoms with Gasteiger partial charge in [0.1, 0.15) is 23.3 Å². The fraction of sp³-hybridized carbons (Fsp3) is 0.526. The smallest absolute Gasteiger partial charge is 0.234 e. The zero-order chi connectivity index (χ0) is 35.5. The van der Waals surface area contributed by atoms with Crippen molar-refractivity contribution < 1.29 is 29.0 Å². The number of carbonyl (C=O) groups excluding carboxylic acids is 2. The van der Waals surface area contributed by atoms with Crippen LogP contribution in [0.2, 0.25) is 0 Å². The highest BCUT2D eigenvalue weighted by molar-refractivity contribution is 6.10. The van der Waals surface area contributed by atoms with Crippen LogP contribution >= 0.6 is 0 Å². The minimum absolute atomic E-state index is 0.105. The molecular formula is C38H47N6O5+.